The van der Waals surface area contributed by atoms with Gasteiger partial charge in [0.2, 0.25) is 0 Å². The van der Waals surface area contributed by atoms with E-state index in [4.69, 9.17) is 16.3 Å². The number of hydrogen-bond acceptors (Lipinski definition) is 3. The molecule has 1 heterocycles. The maximum atomic E-state index is 6.05. The normalized spacial score (nSPS) is 10.1. The summed E-state index contributed by atoms with van der Waals surface area (Å²) in [4.78, 5) is 4.63. The number of benzene rings is 2. The number of aryl methyl sites for hydroxylation is 1. The van der Waals surface area contributed by atoms with Crippen LogP contribution in [-0.2, 0) is 0 Å². The third-order valence-corrected chi connectivity index (χ3v) is 3.58. The van der Waals surface area contributed by atoms with Crippen molar-refractivity contribution in [3.63, 3.8) is 0 Å². The van der Waals surface area contributed by atoms with Crippen LogP contribution in [0.5, 0.6) is 5.75 Å². The van der Waals surface area contributed by atoms with Gasteiger partial charge < -0.3 is 10.1 Å². The molecule has 0 fully saturated rings. The highest BCUT2D eigenvalue weighted by Crippen LogP contribution is 2.31. The molecule has 0 saturated carbocycles. The number of methoxy groups -OCH3 is 1. The molecule has 0 saturated heterocycles. The van der Waals surface area contributed by atoms with Gasteiger partial charge in [-0.1, -0.05) is 29.8 Å². The zero-order valence-corrected chi connectivity index (χ0v) is 13.8. The van der Waals surface area contributed by atoms with Gasteiger partial charge in [-0.15, -0.1) is 12.4 Å². The van der Waals surface area contributed by atoms with Gasteiger partial charge in [0.05, 0.1) is 18.3 Å². The Morgan fingerprint density at radius 1 is 1.09 bits per heavy atom. The topological polar surface area (TPSA) is 34.1 Å². The highest BCUT2D eigenvalue weighted by molar-refractivity contribution is 6.31. The van der Waals surface area contributed by atoms with Crippen molar-refractivity contribution in [2.75, 3.05) is 12.4 Å². The average Bonchev–Trinajstić information content (AvgIpc) is 2.47. The molecule has 0 aliphatic heterocycles. The van der Waals surface area contributed by atoms with Gasteiger partial charge in [-0.3, -0.25) is 0 Å². The molecule has 0 amide bonds. The summed E-state index contributed by atoms with van der Waals surface area (Å²) in [6.07, 6.45) is 0. The zero-order valence-electron chi connectivity index (χ0n) is 12.3. The molecule has 5 heteroatoms. The molecule has 1 N–H and O–H groups in total. The van der Waals surface area contributed by atoms with Gasteiger partial charge in [0.15, 0.2) is 0 Å². The minimum atomic E-state index is 0. The molecule has 22 heavy (non-hydrogen) atoms. The predicted octanol–water partition coefficient (Wildman–Crippen LogP) is 5.37. The molecule has 3 rings (SSSR count). The van der Waals surface area contributed by atoms with Crippen molar-refractivity contribution in [3.05, 3.63) is 59.1 Å². The van der Waals surface area contributed by atoms with Gasteiger partial charge in [0.1, 0.15) is 11.6 Å². The van der Waals surface area contributed by atoms with Gasteiger partial charge in [-0.25, -0.2) is 4.98 Å². The molecular formula is C17H16Cl2N2O. The molecule has 2 aromatic carbocycles. The zero-order chi connectivity index (χ0) is 14.8. The lowest BCUT2D eigenvalue weighted by molar-refractivity contribution is 0.417. The lowest BCUT2D eigenvalue weighted by Gasteiger charge is -2.12. The van der Waals surface area contributed by atoms with Gasteiger partial charge in [-0.2, -0.15) is 0 Å². The monoisotopic (exact) mass is 334 g/mol. The van der Waals surface area contributed by atoms with Gasteiger partial charge in [0, 0.05) is 10.4 Å². The van der Waals surface area contributed by atoms with Gasteiger partial charge in [0.25, 0.3) is 0 Å². The second kappa shape index (κ2) is 6.86. The Bertz CT molecular complexity index is 806. The van der Waals surface area contributed by atoms with Gasteiger partial charge in [-0.05, 0) is 42.8 Å². The van der Waals surface area contributed by atoms with E-state index in [-0.39, 0.29) is 12.4 Å². The first kappa shape index (κ1) is 16.4. The average molecular weight is 335 g/mol. The molecular weight excluding hydrogens is 319 g/mol. The molecule has 0 atom stereocenters. The number of ether oxygens (including phenoxy) is 1. The van der Waals surface area contributed by atoms with Crippen molar-refractivity contribution in [1.82, 2.24) is 4.98 Å². The Labute approximate surface area is 140 Å². The Morgan fingerprint density at radius 2 is 1.86 bits per heavy atom. The number of nitrogens with zero attached hydrogens (tertiary/aromatic N) is 1. The van der Waals surface area contributed by atoms with Crippen LogP contribution in [0.2, 0.25) is 5.02 Å². The number of pyridine rings is 1. The van der Waals surface area contributed by atoms with Crippen molar-refractivity contribution in [2.24, 2.45) is 0 Å². The van der Waals surface area contributed by atoms with Crippen LogP contribution in [0.15, 0.2) is 48.5 Å². The summed E-state index contributed by atoms with van der Waals surface area (Å²) in [6, 6.07) is 15.5. The maximum Gasteiger partial charge on any atom is 0.142 e. The lowest BCUT2D eigenvalue weighted by atomic mass is 10.1. The number of fused-ring (bicyclic) bond motifs is 1. The SMILES string of the molecule is COc1ccc(Cl)cc1Nc1cc(C)c2ccccc2n1.Cl. The summed E-state index contributed by atoms with van der Waals surface area (Å²) in [5, 5.41) is 5.08. The molecule has 114 valence electrons. The molecule has 3 aromatic rings. The summed E-state index contributed by atoms with van der Waals surface area (Å²) in [7, 11) is 1.63. The second-order valence-corrected chi connectivity index (χ2v) is 5.25. The third-order valence-electron chi connectivity index (χ3n) is 3.35. The number of halogens is 2. The number of anilines is 2. The van der Waals surface area contributed by atoms with Crippen LogP contribution in [0.4, 0.5) is 11.5 Å². The fourth-order valence-corrected chi connectivity index (χ4v) is 2.50. The summed E-state index contributed by atoms with van der Waals surface area (Å²) >= 11 is 6.05. The van der Waals surface area contributed by atoms with E-state index in [2.05, 4.69) is 23.3 Å². The molecule has 0 bridgehead atoms. The Morgan fingerprint density at radius 3 is 2.64 bits per heavy atom. The van der Waals surface area contributed by atoms with Crippen LogP contribution < -0.4 is 10.1 Å². The fraction of sp³-hybridized carbons (Fsp3) is 0.118. The summed E-state index contributed by atoms with van der Waals surface area (Å²) in [5.41, 5.74) is 2.93. The van der Waals surface area contributed by atoms with E-state index in [0.29, 0.717) is 5.02 Å². The van der Waals surface area contributed by atoms with E-state index >= 15 is 0 Å². The minimum Gasteiger partial charge on any atom is -0.495 e. The van der Waals surface area contributed by atoms with Crippen LogP contribution in [0.1, 0.15) is 5.56 Å². The first-order chi connectivity index (χ1) is 10.2. The highest BCUT2D eigenvalue weighted by Gasteiger charge is 2.07. The number of para-hydroxylation sites is 1. The van der Waals surface area contributed by atoms with E-state index in [0.717, 1.165) is 28.2 Å². The third kappa shape index (κ3) is 3.26. The summed E-state index contributed by atoms with van der Waals surface area (Å²) < 4.78 is 5.34. The van der Waals surface area contributed by atoms with E-state index < -0.39 is 0 Å². The standard InChI is InChI=1S/C17H15ClN2O.ClH/c1-11-9-17(19-14-6-4-3-5-13(11)14)20-15-10-12(18)7-8-16(15)21-2;/h3-10H,1-2H3,(H,19,20);1H. The van der Waals surface area contributed by atoms with E-state index in [1.807, 2.05) is 36.4 Å². The number of nitrogens with one attached hydrogen (secondary N) is 1. The first-order valence-corrected chi connectivity index (χ1v) is 7.02. The van der Waals surface area contributed by atoms with Crippen molar-refractivity contribution in [1.29, 1.82) is 0 Å². The molecule has 0 aliphatic rings. The summed E-state index contributed by atoms with van der Waals surface area (Å²) in [6.45, 7) is 2.07. The first-order valence-electron chi connectivity index (χ1n) is 6.64. The van der Waals surface area contributed by atoms with Crippen LogP contribution in [-0.4, -0.2) is 12.1 Å². The number of aromatic nitrogens is 1. The van der Waals surface area contributed by atoms with Gasteiger partial charge >= 0.3 is 0 Å². The van der Waals surface area contributed by atoms with Crippen molar-refractivity contribution in [3.8, 4) is 5.75 Å². The molecule has 0 spiro atoms. The molecule has 0 aliphatic carbocycles. The van der Waals surface area contributed by atoms with E-state index in [9.17, 15) is 0 Å². The van der Waals surface area contributed by atoms with E-state index in [1.54, 1.807) is 13.2 Å². The molecule has 1 aromatic heterocycles. The van der Waals surface area contributed by atoms with E-state index in [1.165, 1.54) is 5.56 Å². The second-order valence-electron chi connectivity index (χ2n) is 4.81. The minimum absolute atomic E-state index is 0. The van der Waals surface area contributed by atoms with Crippen LogP contribution in [0.3, 0.4) is 0 Å². The van der Waals surface area contributed by atoms with Crippen molar-refractivity contribution >= 4 is 46.4 Å². The lowest BCUT2D eigenvalue weighted by Crippen LogP contribution is -1.98. The Kier molecular flexibility index (Phi) is 5.11. The number of hydrogen-bond donors (Lipinski definition) is 1. The molecule has 0 unspecified atom stereocenters. The van der Waals surface area contributed by atoms with Crippen LogP contribution >= 0.6 is 24.0 Å². The van der Waals surface area contributed by atoms with Crippen molar-refractivity contribution in [2.45, 2.75) is 6.92 Å². The fourth-order valence-electron chi connectivity index (χ4n) is 2.33. The van der Waals surface area contributed by atoms with Crippen LogP contribution in [0.25, 0.3) is 10.9 Å². The molecule has 0 radical (unpaired) electrons. The van der Waals surface area contributed by atoms with Crippen LogP contribution in [0, 0.1) is 6.92 Å². The smallest absolute Gasteiger partial charge is 0.142 e. The quantitative estimate of drug-likeness (QED) is 0.699. The summed E-state index contributed by atoms with van der Waals surface area (Å²) in [5.74, 6) is 1.50. The number of rotatable bonds is 3. The maximum absolute atomic E-state index is 6.05. The largest absolute Gasteiger partial charge is 0.495 e. The Balaban J connectivity index is 0.00000176. The molecule has 3 nitrogen and oxygen atoms in total. The highest BCUT2D eigenvalue weighted by atomic mass is 35.5. The van der Waals surface area contributed by atoms with Crippen molar-refractivity contribution < 1.29 is 4.74 Å². The Hall–Kier alpha value is -1.97. The predicted molar refractivity (Wildman–Crippen MR) is 95.0 cm³/mol.